The summed E-state index contributed by atoms with van der Waals surface area (Å²) in [7, 11) is 1.30. The third kappa shape index (κ3) is 2.49. The Morgan fingerprint density at radius 1 is 1.57 bits per heavy atom. The number of nitrogen functional groups attached to an aromatic ring is 1. The third-order valence-corrected chi connectivity index (χ3v) is 3.88. The molecule has 2 aromatic rings. The summed E-state index contributed by atoms with van der Waals surface area (Å²) in [5.74, 6) is 0.640. The van der Waals surface area contributed by atoms with Crippen LogP contribution in [0.15, 0.2) is 22.9 Å². The monoisotopic (exact) mass is 351 g/mol. The van der Waals surface area contributed by atoms with Crippen molar-refractivity contribution in [1.29, 1.82) is 0 Å². The van der Waals surface area contributed by atoms with Gasteiger partial charge in [-0.05, 0) is 17.7 Å². The van der Waals surface area contributed by atoms with Gasteiger partial charge in [0, 0.05) is 16.5 Å². The van der Waals surface area contributed by atoms with E-state index in [0.717, 1.165) is 22.2 Å². The van der Waals surface area contributed by atoms with Crippen LogP contribution in [-0.2, 0) is 17.7 Å². The fourth-order valence-electron chi connectivity index (χ4n) is 2.42. The maximum Gasteiger partial charge on any atom is 0.360 e. The average Bonchev–Trinajstić information content (AvgIpc) is 3.06. The van der Waals surface area contributed by atoms with Gasteiger partial charge in [-0.1, -0.05) is 15.9 Å². The van der Waals surface area contributed by atoms with Gasteiger partial charge >= 0.3 is 5.97 Å². The van der Waals surface area contributed by atoms with E-state index in [-0.39, 0.29) is 11.5 Å². The molecule has 110 valence electrons. The summed E-state index contributed by atoms with van der Waals surface area (Å²) in [6, 6.07) is 4.05. The SMILES string of the molecule is COC(=O)c1ncn(Cc2cc(Br)cc3c2OCC3)c1N. The first kappa shape index (κ1) is 13.9. The Morgan fingerprint density at radius 2 is 2.38 bits per heavy atom. The largest absolute Gasteiger partial charge is 0.493 e. The molecule has 0 fully saturated rings. The fourth-order valence-corrected chi connectivity index (χ4v) is 2.97. The van der Waals surface area contributed by atoms with Crippen LogP contribution in [0.2, 0.25) is 0 Å². The van der Waals surface area contributed by atoms with Gasteiger partial charge in [0.25, 0.3) is 0 Å². The molecule has 2 heterocycles. The number of hydrogen-bond acceptors (Lipinski definition) is 5. The number of hydrogen-bond donors (Lipinski definition) is 1. The van der Waals surface area contributed by atoms with E-state index in [2.05, 4.69) is 31.7 Å². The highest BCUT2D eigenvalue weighted by Crippen LogP contribution is 2.33. The lowest BCUT2D eigenvalue weighted by molar-refractivity contribution is 0.0596. The first-order chi connectivity index (χ1) is 10.1. The van der Waals surface area contributed by atoms with E-state index in [1.165, 1.54) is 19.0 Å². The molecule has 0 saturated heterocycles. The zero-order chi connectivity index (χ0) is 15.0. The molecule has 1 aliphatic heterocycles. The van der Waals surface area contributed by atoms with Crippen LogP contribution < -0.4 is 10.5 Å². The predicted octanol–water partition coefficient (Wildman–Crippen LogP) is 2.00. The number of halogens is 1. The molecule has 6 nitrogen and oxygen atoms in total. The number of nitrogens with two attached hydrogens (primary N) is 1. The van der Waals surface area contributed by atoms with Crippen LogP contribution in [0.5, 0.6) is 5.75 Å². The normalized spacial score (nSPS) is 12.9. The van der Waals surface area contributed by atoms with Crippen LogP contribution in [0, 0.1) is 0 Å². The summed E-state index contributed by atoms with van der Waals surface area (Å²) in [4.78, 5) is 15.5. The molecule has 3 rings (SSSR count). The summed E-state index contributed by atoms with van der Waals surface area (Å²) in [6.45, 7) is 1.17. The van der Waals surface area contributed by atoms with Crippen molar-refractivity contribution in [2.45, 2.75) is 13.0 Å². The molecule has 0 spiro atoms. The molecule has 0 atom stereocenters. The molecule has 1 aromatic heterocycles. The minimum Gasteiger partial charge on any atom is -0.493 e. The smallest absolute Gasteiger partial charge is 0.360 e. The molecule has 0 unspecified atom stereocenters. The predicted molar refractivity (Wildman–Crippen MR) is 80.4 cm³/mol. The average molecular weight is 352 g/mol. The van der Waals surface area contributed by atoms with Crippen molar-refractivity contribution >= 4 is 27.7 Å². The second-order valence-electron chi connectivity index (χ2n) is 4.75. The molecule has 7 heteroatoms. The Morgan fingerprint density at radius 3 is 3.14 bits per heavy atom. The van der Waals surface area contributed by atoms with Crippen molar-refractivity contribution in [1.82, 2.24) is 9.55 Å². The number of methoxy groups -OCH3 is 1. The van der Waals surface area contributed by atoms with Gasteiger partial charge in [0.05, 0.1) is 26.6 Å². The molecule has 0 saturated carbocycles. The molecule has 0 amide bonds. The second kappa shape index (κ2) is 5.40. The quantitative estimate of drug-likeness (QED) is 0.855. The lowest BCUT2D eigenvalue weighted by Crippen LogP contribution is -2.09. The number of fused-ring (bicyclic) bond motifs is 1. The molecule has 1 aliphatic rings. The van der Waals surface area contributed by atoms with Gasteiger partial charge in [-0.3, -0.25) is 0 Å². The van der Waals surface area contributed by atoms with E-state index >= 15 is 0 Å². The number of rotatable bonds is 3. The van der Waals surface area contributed by atoms with Crippen LogP contribution in [0.25, 0.3) is 0 Å². The van der Waals surface area contributed by atoms with Crippen molar-refractivity contribution in [3.63, 3.8) is 0 Å². The first-order valence-electron chi connectivity index (χ1n) is 6.43. The maximum atomic E-state index is 11.5. The third-order valence-electron chi connectivity index (χ3n) is 3.42. The molecular weight excluding hydrogens is 338 g/mol. The van der Waals surface area contributed by atoms with E-state index in [1.807, 2.05) is 6.07 Å². The number of benzene rings is 1. The van der Waals surface area contributed by atoms with Gasteiger partial charge in [-0.2, -0.15) is 0 Å². The summed E-state index contributed by atoms with van der Waals surface area (Å²) < 4.78 is 13.0. The number of ether oxygens (including phenoxy) is 2. The maximum absolute atomic E-state index is 11.5. The Kier molecular flexibility index (Phi) is 3.59. The molecule has 21 heavy (non-hydrogen) atoms. The zero-order valence-corrected chi connectivity index (χ0v) is 13.0. The van der Waals surface area contributed by atoms with Crippen molar-refractivity contribution in [2.75, 3.05) is 19.5 Å². The highest BCUT2D eigenvalue weighted by atomic mass is 79.9. The molecule has 0 radical (unpaired) electrons. The molecular formula is C14H14BrN3O3. The number of carbonyl (C=O) groups is 1. The lowest BCUT2D eigenvalue weighted by atomic mass is 10.1. The van der Waals surface area contributed by atoms with Crippen molar-refractivity contribution in [2.24, 2.45) is 0 Å². The van der Waals surface area contributed by atoms with Gasteiger partial charge in [0.15, 0.2) is 5.69 Å². The number of esters is 1. The van der Waals surface area contributed by atoms with Crippen LogP contribution in [-0.4, -0.2) is 29.2 Å². The van der Waals surface area contributed by atoms with Gasteiger partial charge in [-0.15, -0.1) is 0 Å². The Bertz CT molecular complexity index is 712. The Labute approximate surface area is 130 Å². The molecule has 0 aliphatic carbocycles. The summed E-state index contributed by atoms with van der Waals surface area (Å²) >= 11 is 3.50. The van der Waals surface area contributed by atoms with Crippen LogP contribution in [0.3, 0.4) is 0 Å². The molecule has 0 bridgehead atoms. The lowest BCUT2D eigenvalue weighted by Gasteiger charge is -2.11. The fraction of sp³-hybridized carbons (Fsp3) is 0.286. The highest BCUT2D eigenvalue weighted by molar-refractivity contribution is 9.10. The first-order valence-corrected chi connectivity index (χ1v) is 7.22. The van der Waals surface area contributed by atoms with Crippen molar-refractivity contribution in [3.8, 4) is 5.75 Å². The van der Waals surface area contributed by atoms with E-state index in [0.29, 0.717) is 13.2 Å². The number of anilines is 1. The number of imidazole rings is 1. The van der Waals surface area contributed by atoms with Crippen LogP contribution in [0.4, 0.5) is 5.82 Å². The van der Waals surface area contributed by atoms with E-state index in [4.69, 9.17) is 10.5 Å². The highest BCUT2D eigenvalue weighted by Gasteiger charge is 2.20. The second-order valence-corrected chi connectivity index (χ2v) is 5.67. The number of nitrogens with zero attached hydrogens (tertiary/aromatic N) is 2. The van der Waals surface area contributed by atoms with Crippen LogP contribution >= 0.6 is 15.9 Å². The minimum atomic E-state index is -0.540. The number of aromatic nitrogens is 2. The van der Waals surface area contributed by atoms with Crippen molar-refractivity contribution < 1.29 is 14.3 Å². The van der Waals surface area contributed by atoms with Crippen molar-refractivity contribution in [3.05, 3.63) is 39.8 Å². The van der Waals surface area contributed by atoms with Gasteiger partial charge in [0.1, 0.15) is 11.6 Å². The Balaban J connectivity index is 1.95. The minimum absolute atomic E-state index is 0.130. The van der Waals surface area contributed by atoms with E-state index in [1.54, 1.807) is 4.57 Å². The molecule has 2 N–H and O–H groups in total. The van der Waals surface area contributed by atoms with Gasteiger partial charge in [-0.25, -0.2) is 9.78 Å². The summed E-state index contributed by atoms with van der Waals surface area (Å²) in [5.41, 5.74) is 8.26. The molecule has 1 aromatic carbocycles. The van der Waals surface area contributed by atoms with Gasteiger partial charge in [0.2, 0.25) is 0 Å². The standard InChI is InChI=1S/C14H14BrN3O3/c1-20-14(19)11-13(16)18(7-17-11)6-9-5-10(15)4-8-2-3-21-12(8)9/h4-5,7H,2-3,6,16H2,1H3. The van der Waals surface area contributed by atoms with Gasteiger partial charge < -0.3 is 19.8 Å². The number of carbonyl (C=O) groups excluding carboxylic acids is 1. The van der Waals surface area contributed by atoms with Crippen LogP contribution in [0.1, 0.15) is 21.6 Å². The summed E-state index contributed by atoms with van der Waals surface area (Å²) in [5, 5.41) is 0. The Hall–Kier alpha value is -2.02. The topological polar surface area (TPSA) is 79.4 Å². The van der Waals surface area contributed by atoms with E-state index < -0.39 is 5.97 Å². The van der Waals surface area contributed by atoms with E-state index in [9.17, 15) is 4.79 Å². The summed E-state index contributed by atoms with van der Waals surface area (Å²) in [6.07, 6.45) is 2.43. The zero-order valence-electron chi connectivity index (χ0n) is 11.4.